The van der Waals surface area contributed by atoms with Crippen LogP contribution in [0, 0.1) is 0 Å². The fourth-order valence-corrected chi connectivity index (χ4v) is 3.78. The van der Waals surface area contributed by atoms with Gasteiger partial charge in [0.25, 0.3) is 0 Å². The Balaban J connectivity index is 1.64. The summed E-state index contributed by atoms with van der Waals surface area (Å²) in [5, 5.41) is 0. The van der Waals surface area contributed by atoms with Crippen molar-refractivity contribution in [2.75, 3.05) is 43.4 Å². The molecule has 0 saturated carbocycles. The predicted octanol–water partition coefficient (Wildman–Crippen LogP) is 2.69. The van der Waals surface area contributed by atoms with Gasteiger partial charge in [0.15, 0.2) is 0 Å². The van der Waals surface area contributed by atoms with Crippen LogP contribution in [0.4, 0.5) is 5.69 Å². The lowest BCUT2D eigenvalue weighted by Crippen LogP contribution is -2.36. The molecule has 0 aliphatic carbocycles. The van der Waals surface area contributed by atoms with Crippen LogP contribution in [0.2, 0.25) is 0 Å². The summed E-state index contributed by atoms with van der Waals surface area (Å²) in [6.45, 7) is 6.25. The van der Waals surface area contributed by atoms with E-state index < -0.39 is 0 Å². The SMILES string of the molecule is c1ccc2c(c1)SCCN2CCN1CCCC1. The van der Waals surface area contributed by atoms with Crippen LogP contribution in [0.5, 0.6) is 0 Å². The standard InChI is InChI=1S/C14H20N2S/c1-2-6-14-13(5-1)16(11-12-17-14)10-9-15-7-3-4-8-15/h1-2,5-6H,3-4,7-12H2. The number of para-hydroxylation sites is 1. The summed E-state index contributed by atoms with van der Waals surface area (Å²) in [7, 11) is 0. The molecule has 1 aromatic rings. The second-order valence-electron chi connectivity index (χ2n) is 4.85. The van der Waals surface area contributed by atoms with E-state index in [0.29, 0.717) is 0 Å². The summed E-state index contributed by atoms with van der Waals surface area (Å²) in [5.74, 6) is 1.23. The molecule has 0 spiro atoms. The first-order valence-corrected chi connectivity index (χ1v) is 7.61. The Hall–Kier alpha value is -0.670. The lowest BCUT2D eigenvalue weighted by molar-refractivity contribution is 0.345. The molecule has 0 radical (unpaired) electrons. The van der Waals surface area contributed by atoms with Crippen molar-refractivity contribution in [2.24, 2.45) is 0 Å². The maximum Gasteiger partial charge on any atom is 0.0505 e. The highest BCUT2D eigenvalue weighted by Crippen LogP contribution is 2.33. The Morgan fingerprint density at radius 2 is 1.82 bits per heavy atom. The third-order valence-electron chi connectivity index (χ3n) is 3.71. The van der Waals surface area contributed by atoms with Crippen LogP contribution >= 0.6 is 11.8 Å². The minimum atomic E-state index is 1.19. The van der Waals surface area contributed by atoms with E-state index in [0.717, 1.165) is 0 Å². The van der Waals surface area contributed by atoms with Crippen molar-refractivity contribution in [3.05, 3.63) is 24.3 Å². The van der Waals surface area contributed by atoms with Crippen LogP contribution in [-0.2, 0) is 0 Å². The van der Waals surface area contributed by atoms with Gasteiger partial charge in [-0.2, -0.15) is 0 Å². The Morgan fingerprint density at radius 3 is 2.71 bits per heavy atom. The average molecular weight is 248 g/mol. The number of rotatable bonds is 3. The van der Waals surface area contributed by atoms with Gasteiger partial charge in [-0.1, -0.05) is 12.1 Å². The lowest BCUT2D eigenvalue weighted by atomic mass is 10.2. The zero-order chi connectivity index (χ0) is 11.5. The molecule has 2 nitrogen and oxygen atoms in total. The molecule has 92 valence electrons. The van der Waals surface area contributed by atoms with Crippen molar-refractivity contribution in [3.63, 3.8) is 0 Å². The van der Waals surface area contributed by atoms with Gasteiger partial charge in [-0.15, -0.1) is 11.8 Å². The van der Waals surface area contributed by atoms with Crippen molar-refractivity contribution in [1.82, 2.24) is 4.90 Å². The monoisotopic (exact) mass is 248 g/mol. The second kappa shape index (κ2) is 5.32. The van der Waals surface area contributed by atoms with E-state index in [2.05, 4.69) is 34.1 Å². The number of hydrogen-bond acceptors (Lipinski definition) is 3. The van der Waals surface area contributed by atoms with Gasteiger partial charge in [0.2, 0.25) is 0 Å². The molecule has 0 bridgehead atoms. The van der Waals surface area contributed by atoms with E-state index in [4.69, 9.17) is 0 Å². The first-order chi connectivity index (χ1) is 8.43. The molecule has 2 aliphatic heterocycles. The van der Waals surface area contributed by atoms with E-state index in [-0.39, 0.29) is 0 Å². The molecule has 0 unspecified atom stereocenters. The fourth-order valence-electron chi connectivity index (χ4n) is 2.73. The van der Waals surface area contributed by atoms with Crippen molar-refractivity contribution in [2.45, 2.75) is 17.7 Å². The largest absolute Gasteiger partial charge is 0.369 e. The third-order valence-corrected chi connectivity index (χ3v) is 4.75. The smallest absolute Gasteiger partial charge is 0.0505 e. The zero-order valence-electron chi connectivity index (χ0n) is 10.3. The maximum absolute atomic E-state index is 2.60. The second-order valence-corrected chi connectivity index (χ2v) is 5.99. The van der Waals surface area contributed by atoms with E-state index >= 15 is 0 Å². The van der Waals surface area contributed by atoms with Gasteiger partial charge in [-0.3, -0.25) is 0 Å². The molecule has 1 fully saturated rings. The van der Waals surface area contributed by atoms with Gasteiger partial charge in [-0.05, 0) is 38.1 Å². The van der Waals surface area contributed by atoms with Crippen LogP contribution in [0.1, 0.15) is 12.8 Å². The maximum atomic E-state index is 2.60. The van der Waals surface area contributed by atoms with Crippen LogP contribution in [0.15, 0.2) is 29.2 Å². The average Bonchev–Trinajstić information content (AvgIpc) is 2.89. The summed E-state index contributed by atoms with van der Waals surface area (Å²) < 4.78 is 0. The molecule has 0 amide bonds. The topological polar surface area (TPSA) is 6.48 Å². The number of benzene rings is 1. The van der Waals surface area contributed by atoms with E-state index in [1.165, 1.54) is 61.9 Å². The van der Waals surface area contributed by atoms with E-state index in [9.17, 15) is 0 Å². The summed E-state index contributed by atoms with van der Waals surface area (Å²) in [6, 6.07) is 8.83. The quantitative estimate of drug-likeness (QED) is 0.812. The highest BCUT2D eigenvalue weighted by Gasteiger charge is 2.18. The molecule has 0 N–H and O–H groups in total. The molecule has 3 heteroatoms. The lowest BCUT2D eigenvalue weighted by Gasteiger charge is -2.32. The number of nitrogens with zero attached hydrogens (tertiary/aromatic N) is 2. The zero-order valence-corrected chi connectivity index (χ0v) is 11.1. The van der Waals surface area contributed by atoms with Gasteiger partial charge in [0.1, 0.15) is 0 Å². The summed E-state index contributed by atoms with van der Waals surface area (Å²) in [6.07, 6.45) is 2.79. The summed E-state index contributed by atoms with van der Waals surface area (Å²) >= 11 is 2.00. The van der Waals surface area contributed by atoms with Crippen molar-refractivity contribution in [3.8, 4) is 0 Å². The minimum Gasteiger partial charge on any atom is -0.369 e. The normalized spacial score (nSPS) is 20.6. The Labute approximate surface area is 108 Å². The highest BCUT2D eigenvalue weighted by molar-refractivity contribution is 7.99. The Bertz CT molecular complexity index is 374. The molecule has 17 heavy (non-hydrogen) atoms. The van der Waals surface area contributed by atoms with E-state index in [1.807, 2.05) is 11.8 Å². The minimum absolute atomic E-state index is 1.19. The van der Waals surface area contributed by atoms with Crippen LogP contribution in [0.3, 0.4) is 0 Å². The molecular weight excluding hydrogens is 228 g/mol. The molecule has 1 saturated heterocycles. The number of hydrogen-bond donors (Lipinski definition) is 0. The van der Waals surface area contributed by atoms with Gasteiger partial charge in [0.05, 0.1) is 5.69 Å². The number of fused-ring (bicyclic) bond motifs is 1. The van der Waals surface area contributed by atoms with Gasteiger partial charge in [-0.25, -0.2) is 0 Å². The first kappa shape index (κ1) is 11.4. The van der Waals surface area contributed by atoms with Crippen molar-refractivity contribution in [1.29, 1.82) is 0 Å². The number of likely N-dealkylation sites (tertiary alicyclic amines) is 1. The van der Waals surface area contributed by atoms with E-state index in [1.54, 1.807) is 0 Å². The number of thioether (sulfide) groups is 1. The third kappa shape index (κ3) is 2.61. The van der Waals surface area contributed by atoms with Crippen LogP contribution in [0.25, 0.3) is 0 Å². The van der Waals surface area contributed by atoms with Crippen LogP contribution < -0.4 is 4.90 Å². The summed E-state index contributed by atoms with van der Waals surface area (Å²) in [5.41, 5.74) is 1.45. The Morgan fingerprint density at radius 1 is 1.00 bits per heavy atom. The molecular formula is C14H20N2S. The molecule has 2 aliphatic rings. The van der Waals surface area contributed by atoms with Crippen molar-refractivity contribution >= 4 is 17.4 Å². The van der Waals surface area contributed by atoms with Gasteiger partial charge >= 0.3 is 0 Å². The molecule has 2 heterocycles. The molecule has 3 rings (SSSR count). The first-order valence-electron chi connectivity index (χ1n) is 6.62. The summed E-state index contributed by atoms with van der Waals surface area (Å²) in [4.78, 5) is 6.62. The fraction of sp³-hybridized carbons (Fsp3) is 0.571. The molecule has 0 atom stereocenters. The molecule has 0 aromatic heterocycles. The van der Waals surface area contributed by atoms with Crippen LogP contribution in [-0.4, -0.2) is 43.4 Å². The highest BCUT2D eigenvalue weighted by atomic mass is 32.2. The van der Waals surface area contributed by atoms with Crippen molar-refractivity contribution < 1.29 is 0 Å². The van der Waals surface area contributed by atoms with Gasteiger partial charge < -0.3 is 9.80 Å². The predicted molar refractivity (Wildman–Crippen MR) is 75.1 cm³/mol. The van der Waals surface area contributed by atoms with Gasteiger partial charge in [0, 0.05) is 30.3 Å². The number of anilines is 1. The molecule has 1 aromatic carbocycles. The Kier molecular flexibility index (Phi) is 3.57.